The van der Waals surface area contributed by atoms with E-state index in [1.807, 2.05) is 0 Å². The topological polar surface area (TPSA) is 47.4 Å². The Balaban J connectivity index is 1.74. The maximum atomic E-state index is 12.9. The number of hydrogen-bond acceptors (Lipinski definition) is 3. The Morgan fingerprint density at radius 2 is 1.68 bits per heavy atom. The summed E-state index contributed by atoms with van der Waals surface area (Å²) in [5.74, 6) is 0. The average molecular weight is 407 g/mol. The molecule has 11 heteroatoms. The molecule has 28 heavy (non-hydrogen) atoms. The van der Waals surface area contributed by atoms with E-state index in [0.717, 1.165) is 5.69 Å². The summed E-state index contributed by atoms with van der Waals surface area (Å²) in [7, 11) is 0. The highest BCUT2D eigenvalue weighted by atomic mass is 19.4. The zero-order valence-electron chi connectivity index (χ0n) is 14.3. The van der Waals surface area contributed by atoms with E-state index in [2.05, 4.69) is 5.10 Å². The first-order valence-electron chi connectivity index (χ1n) is 8.25. The first-order valence-corrected chi connectivity index (χ1v) is 8.25. The fourth-order valence-electron chi connectivity index (χ4n) is 2.88. The van der Waals surface area contributed by atoms with Crippen LogP contribution in [-0.4, -0.2) is 27.3 Å². The number of fused-ring (bicyclic) bond motifs is 1. The summed E-state index contributed by atoms with van der Waals surface area (Å²) in [4.78, 5) is 13.6. The number of halogens is 6. The van der Waals surface area contributed by atoms with Crippen LogP contribution in [0.3, 0.4) is 0 Å². The number of rotatable bonds is 2. The molecule has 0 atom stereocenters. The lowest BCUT2D eigenvalue weighted by Gasteiger charge is -2.20. The molecule has 0 aliphatic carbocycles. The van der Waals surface area contributed by atoms with Crippen molar-refractivity contribution in [2.75, 3.05) is 6.54 Å². The van der Waals surface area contributed by atoms with Gasteiger partial charge in [-0.3, -0.25) is 4.68 Å². The third-order valence-electron chi connectivity index (χ3n) is 4.22. The fourth-order valence-corrected chi connectivity index (χ4v) is 2.88. The zero-order valence-corrected chi connectivity index (χ0v) is 14.3. The largest absolute Gasteiger partial charge is 0.445 e. The van der Waals surface area contributed by atoms with Crippen molar-refractivity contribution in [1.82, 2.24) is 14.7 Å². The predicted octanol–water partition coefficient (Wildman–Crippen LogP) is 4.46. The number of aryl methyl sites for hydroxylation is 1. The van der Waals surface area contributed by atoms with Crippen LogP contribution in [0.4, 0.5) is 31.1 Å². The Hall–Kier alpha value is -2.72. The second kappa shape index (κ2) is 7.36. The molecular formula is C17H15F6N3O2. The minimum absolute atomic E-state index is 0.0290. The van der Waals surface area contributed by atoms with E-state index < -0.39 is 41.7 Å². The van der Waals surface area contributed by atoms with E-state index in [0.29, 0.717) is 31.6 Å². The Labute approximate surface area is 155 Å². The van der Waals surface area contributed by atoms with Crippen molar-refractivity contribution in [3.8, 4) is 0 Å². The van der Waals surface area contributed by atoms with Crippen molar-refractivity contribution in [2.24, 2.45) is 0 Å². The standard InChI is InChI=1S/C17H15F6N3O2/c18-16(19,20)12-6-11(7-13(8-12)17(21,22)23)10-28-15(27)25-4-1-5-26-14(9-25)2-3-24-26/h2-3,6-8H,1,4-5,9-10H2. The molecule has 2 heterocycles. The van der Waals surface area contributed by atoms with Gasteiger partial charge >= 0.3 is 18.4 Å². The van der Waals surface area contributed by atoms with Crippen molar-refractivity contribution < 1.29 is 35.9 Å². The second-order valence-corrected chi connectivity index (χ2v) is 6.29. The van der Waals surface area contributed by atoms with Crippen molar-refractivity contribution >= 4 is 6.09 Å². The lowest BCUT2D eigenvalue weighted by Crippen LogP contribution is -2.31. The highest BCUT2D eigenvalue weighted by Crippen LogP contribution is 2.36. The molecule has 1 aliphatic heterocycles. The fraction of sp³-hybridized carbons (Fsp3) is 0.412. The molecule has 152 valence electrons. The summed E-state index contributed by atoms with van der Waals surface area (Å²) >= 11 is 0. The van der Waals surface area contributed by atoms with Gasteiger partial charge in [0, 0.05) is 19.3 Å². The van der Waals surface area contributed by atoms with Crippen LogP contribution in [0.15, 0.2) is 30.5 Å². The molecule has 0 spiro atoms. The van der Waals surface area contributed by atoms with Crippen LogP contribution in [0.5, 0.6) is 0 Å². The van der Waals surface area contributed by atoms with Gasteiger partial charge < -0.3 is 9.64 Å². The average Bonchev–Trinajstić information content (AvgIpc) is 2.94. The van der Waals surface area contributed by atoms with E-state index >= 15 is 0 Å². The van der Waals surface area contributed by atoms with Gasteiger partial charge in [-0.1, -0.05) is 0 Å². The van der Waals surface area contributed by atoms with Crippen molar-refractivity contribution in [3.05, 3.63) is 52.8 Å². The Morgan fingerprint density at radius 3 is 2.29 bits per heavy atom. The minimum Gasteiger partial charge on any atom is -0.445 e. The highest BCUT2D eigenvalue weighted by Gasteiger charge is 2.37. The number of amides is 1. The van der Waals surface area contributed by atoms with Gasteiger partial charge in [0.05, 0.1) is 23.4 Å². The molecular weight excluding hydrogens is 392 g/mol. The summed E-state index contributed by atoms with van der Waals surface area (Å²) < 4.78 is 84.0. The number of nitrogens with zero attached hydrogens (tertiary/aromatic N) is 3. The van der Waals surface area contributed by atoms with Crippen LogP contribution in [-0.2, 0) is 36.8 Å². The molecule has 1 amide bonds. The first kappa shape index (κ1) is 20.0. The molecule has 5 nitrogen and oxygen atoms in total. The van der Waals surface area contributed by atoms with Crippen LogP contribution in [0, 0.1) is 0 Å². The molecule has 0 saturated carbocycles. The van der Waals surface area contributed by atoms with Gasteiger partial charge in [0.1, 0.15) is 6.61 Å². The zero-order chi connectivity index (χ0) is 20.5. The number of aromatic nitrogens is 2. The summed E-state index contributed by atoms with van der Waals surface area (Å²) in [5.41, 5.74) is -2.54. The molecule has 0 unspecified atom stereocenters. The molecule has 0 N–H and O–H groups in total. The van der Waals surface area contributed by atoms with Gasteiger partial charge in [-0.05, 0) is 36.2 Å². The molecule has 0 bridgehead atoms. The Kier molecular flexibility index (Phi) is 5.26. The molecule has 1 aromatic heterocycles. The van der Waals surface area contributed by atoms with E-state index in [9.17, 15) is 31.1 Å². The maximum Gasteiger partial charge on any atom is 0.416 e. The summed E-state index contributed by atoms with van der Waals surface area (Å²) in [6, 6.07) is 2.83. The van der Waals surface area contributed by atoms with Crippen LogP contribution in [0.2, 0.25) is 0 Å². The van der Waals surface area contributed by atoms with Gasteiger partial charge in [0.2, 0.25) is 0 Å². The molecule has 0 saturated heterocycles. The quantitative estimate of drug-likeness (QED) is 0.691. The smallest absolute Gasteiger partial charge is 0.416 e. The Bertz CT molecular complexity index is 827. The van der Waals surface area contributed by atoms with E-state index in [1.54, 1.807) is 16.9 Å². The second-order valence-electron chi connectivity index (χ2n) is 6.29. The predicted molar refractivity (Wildman–Crippen MR) is 83.9 cm³/mol. The van der Waals surface area contributed by atoms with Crippen molar-refractivity contribution in [2.45, 2.75) is 38.5 Å². The molecule has 3 rings (SSSR count). The van der Waals surface area contributed by atoms with E-state index in [-0.39, 0.29) is 12.6 Å². The third-order valence-corrected chi connectivity index (χ3v) is 4.22. The highest BCUT2D eigenvalue weighted by molar-refractivity contribution is 5.67. The van der Waals surface area contributed by atoms with E-state index in [1.165, 1.54) is 4.90 Å². The number of hydrogen-bond donors (Lipinski definition) is 0. The molecule has 1 aliphatic rings. The van der Waals surface area contributed by atoms with Crippen LogP contribution >= 0.6 is 0 Å². The van der Waals surface area contributed by atoms with Gasteiger partial charge in [-0.15, -0.1) is 0 Å². The lowest BCUT2D eigenvalue weighted by molar-refractivity contribution is -0.143. The number of alkyl halides is 6. The number of ether oxygens (including phenoxy) is 1. The van der Waals surface area contributed by atoms with Crippen LogP contribution in [0.25, 0.3) is 0 Å². The maximum absolute atomic E-state index is 12.9. The normalized spacial score (nSPS) is 15.1. The number of benzene rings is 1. The summed E-state index contributed by atoms with van der Waals surface area (Å²) in [5, 5.41) is 4.09. The third kappa shape index (κ3) is 4.57. The van der Waals surface area contributed by atoms with Crippen molar-refractivity contribution in [3.63, 3.8) is 0 Å². The number of carbonyl (C=O) groups is 1. The number of carbonyl (C=O) groups excluding carboxylic acids is 1. The van der Waals surface area contributed by atoms with E-state index in [4.69, 9.17) is 4.74 Å². The molecule has 0 radical (unpaired) electrons. The van der Waals surface area contributed by atoms with Crippen LogP contribution in [0.1, 0.15) is 28.8 Å². The lowest BCUT2D eigenvalue weighted by atomic mass is 10.1. The molecule has 0 fully saturated rings. The summed E-state index contributed by atoms with van der Waals surface area (Å²) in [6.45, 7) is 0.407. The van der Waals surface area contributed by atoms with Gasteiger partial charge in [0.15, 0.2) is 0 Å². The Morgan fingerprint density at radius 1 is 1.04 bits per heavy atom. The minimum atomic E-state index is -4.96. The monoisotopic (exact) mass is 407 g/mol. The van der Waals surface area contributed by atoms with Gasteiger partial charge in [-0.2, -0.15) is 31.4 Å². The van der Waals surface area contributed by atoms with Crippen LogP contribution < -0.4 is 0 Å². The van der Waals surface area contributed by atoms with Gasteiger partial charge in [0.25, 0.3) is 0 Å². The molecule has 1 aromatic carbocycles. The first-order chi connectivity index (χ1) is 13.0. The SMILES string of the molecule is O=C(OCc1cc(C(F)(F)F)cc(C(F)(F)F)c1)N1CCCn2nccc2C1. The molecule has 2 aromatic rings. The van der Waals surface area contributed by atoms with Gasteiger partial charge in [-0.25, -0.2) is 4.79 Å². The van der Waals surface area contributed by atoms with Crippen molar-refractivity contribution in [1.29, 1.82) is 0 Å². The summed E-state index contributed by atoms with van der Waals surface area (Å²) in [6.07, 6.45) is -8.57.